The van der Waals surface area contributed by atoms with Gasteiger partial charge in [-0.2, -0.15) is 15.0 Å². The van der Waals surface area contributed by atoms with Gasteiger partial charge in [-0.1, -0.05) is 13.0 Å². The number of nitrogens with two attached hydrogens (primary N) is 1. The molecular weight excluding hydrogens is 267 g/mol. The van der Waals surface area contributed by atoms with Crippen molar-refractivity contribution in [1.29, 1.82) is 0 Å². The summed E-state index contributed by atoms with van der Waals surface area (Å²) < 4.78 is 18.4. The van der Waals surface area contributed by atoms with Gasteiger partial charge in [0, 0.05) is 4.90 Å². The van der Waals surface area contributed by atoms with E-state index >= 15 is 0 Å². The maximum Gasteiger partial charge on any atom is 0.322 e. The zero-order valence-electron chi connectivity index (χ0n) is 10.3. The molecule has 0 saturated carbocycles. The van der Waals surface area contributed by atoms with E-state index in [4.69, 9.17) is 10.5 Å². The Hall–Kier alpha value is -1.89. The first-order chi connectivity index (χ1) is 9.17. The van der Waals surface area contributed by atoms with Crippen molar-refractivity contribution in [2.45, 2.75) is 23.4 Å². The fraction of sp³-hybridized carbons (Fsp3) is 0.250. The minimum atomic E-state index is -0.311. The molecule has 0 aliphatic carbocycles. The van der Waals surface area contributed by atoms with Crippen LogP contribution in [0.4, 0.5) is 10.3 Å². The molecule has 2 N–H and O–H groups in total. The van der Waals surface area contributed by atoms with Crippen LogP contribution in [0.3, 0.4) is 0 Å². The molecule has 0 fully saturated rings. The van der Waals surface area contributed by atoms with Gasteiger partial charge in [0.1, 0.15) is 5.82 Å². The topological polar surface area (TPSA) is 73.9 Å². The molecular formula is C12H13FN4OS. The molecule has 0 aliphatic heterocycles. The first kappa shape index (κ1) is 13.5. The molecule has 100 valence electrons. The second-order valence-electron chi connectivity index (χ2n) is 3.67. The highest BCUT2D eigenvalue weighted by Gasteiger charge is 2.07. The lowest BCUT2D eigenvalue weighted by Gasteiger charge is -2.05. The Bertz CT molecular complexity index is 567. The average Bonchev–Trinajstić information content (AvgIpc) is 2.35. The van der Waals surface area contributed by atoms with Gasteiger partial charge in [-0.25, -0.2) is 4.39 Å². The Kier molecular flexibility index (Phi) is 4.51. The smallest absolute Gasteiger partial charge is 0.322 e. The molecule has 0 aliphatic rings. The van der Waals surface area contributed by atoms with Crippen molar-refractivity contribution in [2.75, 3.05) is 12.3 Å². The SMILES string of the molecule is CCCOc1nc(N)nc(Sc2cccc(F)c2)n1. The lowest BCUT2D eigenvalue weighted by molar-refractivity contribution is 0.288. The third-order valence-corrected chi connectivity index (χ3v) is 2.91. The quantitative estimate of drug-likeness (QED) is 0.907. The molecule has 2 aromatic rings. The summed E-state index contributed by atoms with van der Waals surface area (Å²) in [7, 11) is 0. The van der Waals surface area contributed by atoms with E-state index in [0.717, 1.165) is 6.42 Å². The van der Waals surface area contributed by atoms with Gasteiger partial charge in [0.15, 0.2) is 0 Å². The number of benzene rings is 1. The second kappa shape index (κ2) is 6.33. The summed E-state index contributed by atoms with van der Waals surface area (Å²) in [6.07, 6.45) is 0.845. The number of hydrogen-bond donors (Lipinski definition) is 1. The zero-order valence-corrected chi connectivity index (χ0v) is 11.2. The van der Waals surface area contributed by atoms with E-state index in [1.807, 2.05) is 6.92 Å². The van der Waals surface area contributed by atoms with E-state index in [1.54, 1.807) is 12.1 Å². The van der Waals surface area contributed by atoms with Crippen LogP contribution < -0.4 is 10.5 Å². The largest absolute Gasteiger partial charge is 0.463 e. The number of halogens is 1. The first-order valence-corrected chi connectivity index (χ1v) is 6.57. The number of hydrogen-bond acceptors (Lipinski definition) is 6. The van der Waals surface area contributed by atoms with Crippen molar-refractivity contribution >= 4 is 17.7 Å². The van der Waals surface area contributed by atoms with E-state index in [0.29, 0.717) is 16.7 Å². The number of anilines is 1. The molecule has 1 aromatic carbocycles. The van der Waals surface area contributed by atoms with Crippen LogP contribution in [0.15, 0.2) is 34.3 Å². The number of nitrogen functional groups attached to an aromatic ring is 1. The van der Waals surface area contributed by atoms with Gasteiger partial charge < -0.3 is 10.5 Å². The molecule has 0 unspecified atom stereocenters. The molecule has 1 aromatic heterocycles. The van der Waals surface area contributed by atoms with Crippen molar-refractivity contribution in [3.05, 3.63) is 30.1 Å². The Morgan fingerprint density at radius 1 is 1.32 bits per heavy atom. The standard InChI is InChI=1S/C12H13FN4OS/c1-2-6-18-11-15-10(14)16-12(17-11)19-9-5-3-4-8(13)7-9/h3-5,7H,2,6H2,1H3,(H2,14,15,16,17). The monoisotopic (exact) mass is 280 g/mol. The fourth-order valence-electron chi connectivity index (χ4n) is 1.29. The van der Waals surface area contributed by atoms with E-state index in [1.165, 1.54) is 23.9 Å². The minimum absolute atomic E-state index is 0.0833. The highest BCUT2D eigenvalue weighted by Crippen LogP contribution is 2.26. The van der Waals surface area contributed by atoms with Crippen LogP contribution in [0.2, 0.25) is 0 Å². The lowest BCUT2D eigenvalue weighted by atomic mass is 10.4. The maximum atomic E-state index is 13.1. The number of ether oxygens (including phenoxy) is 1. The van der Waals surface area contributed by atoms with Crippen molar-refractivity contribution in [3.63, 3.8) is 0 Å². The van der Waals surface area contributed by atoms with Gasteiger partial charge in [-0.05, 0) is 36.4 Å². The van der Waals surface area contributed by atoms with Crippen LogP contribution in [0.5, 0.6) is 6.01 Å². The predicted octanol–water partition coefficient (Wildman–Crippen LogP) is 2.53. The van der Waals surface area contributed by atoms with Crippen molar-refractivity contribution < 1.29 is 9.13 Å². The third-order valence-electron chi connectivity index (χ3n) is 2.05. The Balaban J connectivity index is 2.17. The van der Waals surface area contributed by atoms with E-state index in [9.17, 15) is 4.39 Å². The second-order valence-corrected chi connectivity index (χ2v) is 4.71. The number of aromatic nitrogens is 3. The van der Waals surface area contributed by atoms with Crippen LogP contribution in [0.25, 0.3) is 0 Å². The molecule has 0 amide bonds. The summed E-state index contributed by atoms with van der Waals surface area (Å²) in [5.41, 5.74) is 5.59. The summed E-state index contributed by atoms with van der Waals surface area (Å²) in [6, 6.07) is 6.35. The average molecular weight is 280 g/mol. The number of rotatable bonds is 5. The molecule has 0 radical (unpaired) electrons. The van der Waals surface area contributed by atoms with Crippen molar-refractivity contribution in [3.8, 4) is 6.01 Å². The summed E-state index contributed by atoms with van der Waals surface area (Å²) in [5, 5.41) is 0.379. The Morgan fingerprint density at radius 3 is 2.89 bits per heavy atom. The van der Waals surface area contributed by atoms with Crippen LogP contribution in [-0.4, -0.2) is 21.6 Å². The molecule has 0 saturated heterocycles. The number of nitrogens with zero attached hydrogens (tertiary/aromatic N) is 3. The molecule has 19 heavy (non-hydrogen) atoms. The van der Waals surface area contributed by atoms with E-state index in [2.05, 4.69) is 15.0 Å². The summed E-state index contributed by atoms with van der Waals surface area (Å²) >= 11 is 1.20. The van der Waals surface area contributed by atoms with Gasteiger partial charge in [-0.3, -0.25) is 0 Å². The first-order valence-electron chi connectivity index (χ1n) is 5.75. The van der Waals surface area contributed by atoms with E-state index < -0.39 is 0 Å². The molecule has 1 heterocycles. The summed E-state index contributed by atoms with van der Waals surface area (Å²) in [6.45, 7) is 2.49. The molecule has 5 nitrogen and oxygen atoms in total. The normalized spacial score (nSPS) is 10.4. The van der Waals surface area contributed by atoms with Crippen molar-refractivity contribution in [1.82, 2.24) is 15.0 Å². The van der Waals surface area contributed by atoms with Gasteiger partial charge in [0.25, 0.3) is 0 Å². The Labute approximate surface area is 114 Å². The van der Waals surface area contributed by atoms with Gasteiger partial charge in [0.2, 0.25) is 11.1 Å². The van der Waals surface area contributed by atoms with Crippen LogP contribution in [0.1, 0.15) is 13.3 Å². The fourth-order valence-corrected chi connectivity index (χ4v) is 2.08. The maximum absolute atomic E-state index is 13.1. The molecule has 0 atom stereocenters. The van der Waals surface area contributed by atoms with Gasteiger partial charge in [-0.15, -0.1) is 0 Å². The van der Waals surface area contributed by atoms with Crippen LogP contribution >= 0.6 is 11.8 Å². The van der Waals surface area contributed by atoms with Gasteiger partial charge in [0.05, 0.1) is 6.61 Å². The van der Waals surface area contributed by atoms with E-state index in [-0.39, 0.29) is 17.8 Å². The predicted molar refractivity (Wildman–Crippen MR) is 70.5 cm³/mol. The van der Waals surface area contributed by atoms with Gasteiger partial charge >= 0.3 is 6.01 Å². The zero-order chi connectivity index (χ0) is 13.7. The summed E-state index contributed by atoms with van der Waals surface area (Å²) in [4.78, 5) is 12.7. The lowest BCUT2D eigenvalue weighted by Crippen LogP contribution is -2.05. The molecule has 0 bridgehead atoms. The molecule has 0 spiro atoms. The highest BCUT2D eigenvalue weighted by atomic mass is 32.2. The minimum Gasteiger partial charge on any atom is -0.463 e. The highest BCUT2D eigenvalue weighted by molar-refractivity contribution is 7.99. The third kappa shape index (κ3) is 4.06. The van der Waals surface area contributed by atoms with Crippen LogP contribution in [-0.2, 0) is 0 Å². The van der Waals surface area contributed by atoms with Crippen molar-refractivity contribution in [2.24, 2.45) is 0 Å². The molecule has 7 heteroatoms. The molecule has 2 rings (SSSR count). The summed E-state index contributed by atoms with van der Waals surface area (Å²) in [5.74, 6) is -0.227. The Morgan fingerprint density at radius 2 is 2.16 bits per heavy atom. The van der Waals surface area contributed by atoms with Crippen LogP contribution in [0, 0.1) is 5.82 Å².